The van der Waals surface area contributed by atoms with Crippen molar-refractivity contribution in [2.75, 3.05) is 13.2 Å². The van der Waals surface area contributed by atoms with Crippen LogP contribution < -0.4 is 0 Å². The van der Waals surface area contributed by atoms with Crippen molar-refractivity contribution in [3.05, 3.63) is 0 Å². The third-order valence-electron chi connectivity index (χ3n) is 2.67. The van der Waals surface area contributed by atoms with Crippen LogP contribution in [-0.2, 0) is 9.53 Å². The fourth-order valence-corrected chi connectivity index (χ4v) is 1.76. The summed E-state index contributed by atoms with van der Waals surface area (Å²) in [4.78, 5) is 11.4. The number of hydrogen-bond acceptors (Lipinski definition) is 2. The Kier molecular flexibility index (Phi) is 5.06. The Morgan fingerprint density at radius 1 is 1.38 bits per heavy atom. The van der Waals surface area contributed by atoms with Gasteiger partial charge in [0.1, 0.15) is 5.78 Å². The van der Waals surface area contributed by atoms with E-state index in [1.54, 1.807) is 0 Å². The van der Waals surface area contributed by atoms with Gasteiger partial charge in [-0.2, -0.15) is 0 Å². The van der Waals surface area contributed by atoms with Gasteiger partial charge in [0.15, 0.2) is 0 Å². The largest absolute Gasteiger partial charge is 0.380 e. The minimum absolute atomic E-state index is 0.214. The van der Waals surface area contributed by atoms with Crippen LogP contribution in [0.15, 0.2) is 0 Å². The van der Waals surface area contributed by atoms with Crippen molar-refractivity contribution < 1.29 is 9.53 Å². The maximum absolute atomic E-state index is 11.4. The maximum Gasteiger partial charge on any atom is 0.140 e. The van der Waals surface area contributed by atoms with Crippen molar-refractivity contribution in [2.45, 2.75) is 45.4 Å². The van der Waals surface area contributed by atoms with Crippen LogP contribution in [0.25, 0.3) is 0 Å². The molecule has 0 N–H and O–H groups in total. The Bertz CT molecular complexity index is 154. The van der Waals surface area contributed by atoms with Gasteiger partial charge in [0.25, 0.3) is 0 Å². The molecule has 0 saturated carbocycles. The van der Waals surface area contributed by atoms with Gasteiger partial charge in [-0.1, -0.05) is 32.6 Å². The van der Waals surface area contributed by atoms with E-state index in [-0.39, 0.29) is 5.92 Å². The Morgan fingerprint density at radius 3 is 2.92 bits per heavy atom. The molecule has 0 spiro atoms. The van der Waals surface area contributed by atoms with E-state index >= 15 is 0 Å². The fraction of sp³-hybridized carbons (Fsp3) is 0.909. The normalized spacial score (nSPS) is 23.5. The summed E-state index contributed by atoms with van der Waals surface area (Å²) in [6.07, 6.45) is 6.68. The van der Waals surface area contributed by atoms with Gasteiger partial charge in [-0.25, -0.2) is 0 Å². The Labute approximate surface area is 80.7 Å². The summed E-state index contributed by atoms with van der Waals surface area (Å²) in [7, 11) is 0. The molecule has 0 amide bonds. The molecule has 0 aliphatic carbocycles. The molecule has 0 aromatic carbocycles. The zero-order chi connectivity index (χ0) is 9.52. The van der Waals surface area contributed by atoms with Crippen LogP contribution >= 0.6 is 0 Å². The third-order valence-corrected chi connectivity index (χ3v) is 2.67. The van der Waals surface area contributed by atoms with Crippen molar-refractivity contribution in [3.8, 4) is 0 Å². The van der Waals surface area contributed by atoms with E-state index in [9.17, 15) is 4.79 Å². The van der Waals surface area contributed by atoms with Crippen LogP contribution in [-0.4, -0.2) is 19.0 Å². The molecule has 1 heterocycles. The lowest BCUT2D eigenvalue weighted by molar-refractivity contribution is -0.130. The average Bonchev–Trinajstić information content (AvgIpc) is 2.15. The zero-order valence-electron chi connectivity index (χ0n) is 8.55. The second-order valence-electron chi connectivity index (χ2n) is 3.84. The highest BCUT2D eigenvalue weighted by molar-refractivity contribution is 5.81. The molecule has 1 aliphatic rings. The van der Waals surface area contributed by atoms with Gasteiger partial charge in [-0.3, -0.25) is 4.79 Å². The summed E-state index contributed by atoms with van der Waals surface area (Å²) >= 11 is 0. The van der Waals surface area contributed by atoms with Gasteiger partial charge in [-0.15, -0.1) is 0 Å². The molecular weight excluding hydrogens is 164 g/mol. The van der Waals surface area contributed by atoms with E-state index in [1.165, 1.54) is 25.7 Å². The smallest absolute Gasteiger partial charge is 0.140 e. The predicted octanol–water partition coefficient (Wildman–Crippen LogP) is 2.56. The summed E-state index contributed by atoms with van der Waals surface area (Å²) in [5.41, 5.74) is 0. The van der Waals surface area contributed by atoms with Crippen LogP contribution in [0, 0.1) is 5.92 Å². The van der Waals surface area contributed by atoms with E-state index in [0.29, 0.717) is 25.4 Å². The van der Waals surface area contributed by atoms with Crippen molar-refractivity contribution in [1.82, 2.24) is 0 Å². The highest BCUT2D eigenvalue weighted by atomic mass is 16.5. The summed E-state index contributed by atoms with van der Waals surface area (Å²) < 4.78 is 5.29. The van der Waals surface area contributed by atoms with E-state index in [1.807, 2.05) is 0 Å². The van der Waals surface area contributed by atoms with Gasteiger partial charge in [0.05, 0.1) is 13.2 Å². The molecule has 0 aromatic heterocycles. The molecule has 1 aliphatic heterocycles. The topological polar surface area (TPSA) is 26.3 Å². The Morgan fingerprint density at radius 2 is 2.23 bits per heavy atom. The van der Waals surface area contributed by atoms with Gasteiger partial charge < -0.3 is 4.74 Å². The Hall–Kier alpha value is -0.370. The van der Waals surface area contributed by atoms with Gasteiger partial charge >= 0.3 is 0 Å². The van der Waals surface area contributed by atoms with Crippen molar-refractivity contribution in [1.29, 1.82) is 0 Å². The zero-order valence-corrected chi connectivity index (χ0v) is 8.55. The minimum Gasteiger partial charge on any atom is -0.380 e. The monoisotopic (exact) mass is 184 g/mol. The SMILES string of the molecule is CCCCCCC1COCCC1=O. The lowest BCUT2D eigenvalue weighted by atomic mass is 9.94. The first-order chi connectivity index (χ1) is 6.34. The van der Waals surface area contributed by atoms with Gasteiger partial charge in [-0.05, 0) is 6.42 Å². The lowest BCUT2D eigenvalue weighted by Gasteiger charge is -2.20. The molecule has 2 heteroatoms. The minimum atomic E-state index is 0.214. The molecule has 1 fully saturated rings. The standard InChI is InChI=1S/C11H20O2/c1-2-3-4-5-6-10-9-13-8-7-11(10)12/h10H,2-9H2,1H3. The second-order valence-corrected chi connectivity index (χ2v) is 3.84. The van der Waals surface area contributed by atoms with E-state index in [4.69, 9.17) is 4.74 Å². The molecule has 1 unspecified atom stereocenters. The second kappa shape index (κ2) is 6.14. The lowest BCUT2D eigenvalue weighted by Crippen LogP contribution is -2.27. The summed E-state index contributed by atoms with van der Waals surface area (Å²) in [5.74, 6) is 0.633. The number of hydrogen-bond donors (Lipinski definition) is 0. The average molecular weight is 184 g/mol. The van der Waals surface area contributed by atoms with Crippen LogP contribution in [0.4, 0.5) is 0 Å². The molecule has 0 aromatic rings. The summed E-state index contributed by atoms with van der Waals surface area (Å²) in [6, 6.07) is 0. The third kappa shape index (κ3) is 3.90. The number of unbranched alkanes of at least 4 members (excludes halogenated alkanes) is 3. The van der Waals surface area contributed by atoms with Gasteiger partial charge in [0.2, 0.25) is 0 Å². The number of carbonyl (C=O) groups excluding carboxylic acids is 1. The molecule has 1 atom stereocenters. The highest BCUT2D eigenvalue weighted by Crippen LogP contribution is 2.17. The molecule has 1 rings (SSSR count). The van der Waals surface area contributed by atoms with Crippen LogP contribution in [0.2, 0.25) is 0 Å². The van der Waals surface area contributed by atoms with Crippen LogP contribution in [0.1, 0.15) is 45.4 Å². The van der Waals surface area contributed by atoms with Crippen molar-refractivity contribution in [2.24, 2.45) is 5.92 Å². The summed E-state index contributed by atoms with van der Waals surface area (Å²) in [5, 5.41) is 0. The van der Waals surface area contributed by atoms with E-state index in [2.05, 4.69) is 6.92 Å². The highest BCUT2D eigenvalue weighted by Gasteiger charge is 2.21. The number of ketones is 1. The molecule has 0 radical (unpaired) electrons. The molecule has 76 valence electrons. The van der Waals surface area contributed by atoms with Gasteiger partial charge in [0, 0.05) is 12.3 Å². The first kappa shape index (κ1) is 10.7. The van der Waals surface area contributed by atoms with Crippen molar-refractivity contribution >= 4 is 5.78 Å². The molecule has 0 bridgehead atoms. The summed E-state index contributed by atoms with van der Waals surface area (Å²) in [6.45, 7) is 3.52. The number of carbonyl (C=O) groups is 1. The predicted molar refractivity (Wildman–Crippen MR) is 52.7 cm³/mol. The molecule has 13 heavy (non-hydrogen) atoms. The number of ether oxygens (including phenoxy) is 1. The first-order valence-corrected chi connectivity index (χ1v) is 5.45. The Balaban J connectivity index is 2.08. The van der Waals surface area contributed by atoms with Crippen LogP contribution in [0.3, 0.4) is 0 Å². The maximum atomic E-state index is 11.4. The molecule has 2 nitrogen and oxygen atoms in total. The first-order valence-electron chi connectivity index (χ1n) is 5.45. The number of rotatable bonds is 5. The quantitative estimate of drug-likeness (QED) is 0.614. The molecular formula is C11H20O2. The van der Waals surface area contributed by atoms with E-state index in [0.717, 1.165) is 6.42 Å². The number of Topliss-reactive ketones (excluding diaryl/α,β-unsaturated/α-hetero) is 1. The van der Waals surface area contributed by atoms with E-state index < -0.39 is 0 Å². The fourth-order valence-electron chi connectivity index (χ4n) is 1.76. The van der Waals surface area contributed by atoms with Crippen LogP contribution in [0.5, 0.6) is 0 Å². The van der Waals surface area contributed by atoms with Crippen molar-refractivity contribution in [3.63, 3.8) is 0 Å². The molecule has 1 saturated heterocycles.